The number of nitrogens with zero attached hydrogens (tertiary/aromatic N) is 2. The molecule has 4 aromatic rings. The Morgan fingerprint density at radius 1 is 0.892 bits per heavy atom. The van der Waals surface area contributed by atoms with Crippen molar-refractivity contribution in [3.63, 3.8) is 0 Å². The van der Waals surface area contributed by atoms with Crippen molar-refractivity contribution in [2.75, 3.05) is 13.1 Å². The Morgan fingerprint density at radius 3 is 2.14 bits per heavy atom. The molecule has 0 amide bonds. The largest absolute Gasteiger partial charge is 0.476 e. The molecule has 3 aromatic carbocycles. The number of aromatic nitrogens is 1. The minimum Gasteiger partial charge on any atom is -0.476 e. The molecular formula is C27H22F6N2O2. The van der Waals surface area contributed by atoms with Crippen LogP contribution in [0, 0.1) is 34.9 Å². The summed E-state index contributed by atoms with van der Waals surface area (Å²) in [7, 11) is 0. The number of ether oxygens (including phenoxy) is 1. The highest BCUT2D eigenvalue weighted by Gasteiger charge is 2.43. The Labute approximate surface area is 208 Å². The molecule has 10 heteroatoms. The Hall–Kier alpha value is -3.53. The van der Waals surface area contributed by atoms with Gasteiger partial charge in [0, 0.05) is 37.4 Å². The van der Waals surface area contributed by atoms with E-state index in [0.717, 1.165) is 0 Å². The molecule has 0 bridgehead atoms. The van der Waals surface area contributed by atoms with Crippen molar-refractivity contribution in [3.05, 3.63) is 94.7 Å². The molecule has 37 heavy (non-hydrogen) atoms. The molecule has 1 atom stereocenters. The summed E-state index contributed by atoms with van der Waals surface area (Å²) in [6.07, 6.45) is 1.02. The summed E-state index contributed by atoms with van der Waals surface area (Å²) in [4.78, 5) is 2.09. The van der Waals surface area contributed by atoms with Gasteiger partial charge in [-0.05, 0) is 24.1 Å². The summed E-state index contributed by atoms with van der Waals surface area (Å²) in [6, 6.07) is 12.5. The molecule has 0 aliphatic carbocycles. The van der Waals surface area contributed by atoms with E-state index in [0.29, 0.717) is 41.7 Å². The van der Waals surface area contributed by atoms with Crippen molar-refractivity contribution < 1.29 is 35.6 Å². The molecule has 194 valence electrons. The monoisotopic (exact) mass is 520 g/mol. The first-order valence-electron chi connectivity index (χ1n) is 11.8. The van der Waals surface area contributed by atoms with Crippen LogP contribution in [0.5, 0.6) is 5.75 Å². The van der Waals surface area contributed by atoms with Crippen LogP contribution in [0.3, 0.4) is 0 Å². The van der Waals surface area contributed by atoms with Crippen LogP contribution in [0.2, 0.25) is 0 Å². The first-order chi connectivity index (χ1) is 17.8. The standard InChI is InChI=1S/C27H22F6N2O2/c1-2-18(25-17-9-8-16(28)14-19(17)37-34-25)35-12-10-27(11-13-35,15-6-4-3-5-7-15)36-26-23(32)21(30)20(29)22(31)24(26)33/h3-9,14,18H,2,10-13H2,1H3. The summed E-state index contributed by atoms with van der Waals surface area (Å²) in [5.41, 5.74) is 0.154. The smallest absolute Gasteiger partial charge is 0.207 e. The fourth-order valence-corrected chi connectivity index (χ4v) is 5.05. The second kappa shape index (κ2) is 9.74. The lowest BCUT2D eigenvalue weighted by Gasteiger charge is -2.44. The second-order valence-electron chi connectivity index (χ2n) is 9.03. The SMILES string of the molecule is CCC(c1noc2cc(F)ccc12)N1CCC(Oc2c(F)c(F)c(F)c(F)c2F)(c2ccccc2)CC1. The van der Waals surface area contributed by atoms with E-state index < -0.39 is 46.3 Å². The van der Waals surface area contributed by atoms with Crippen LogP contribution in [0.15, 0.2) is 53.1 Å². The second-order valence-corrected chi connectivity index (χ2v) is 9.03. The van der Waals surface area contributed by atoms with E-state index in [9.17, 15) is 26.3 Å². The maximum Gasteiger partial charge on any atom is 0.207 e. The van der Waals surface area contributed by atoms with Gasteiger partial charge in [0.2, 0.25) is 29.1 Å². The summed E-state index contributed by atoms with van der Waals surface area (Å²) >= 11 is 0. The van der Waals surface area contributed by atoms with Crippen LogP contribution < -0.4 is 4.74 Å². The van der Waals surface area contributed by atoms with E-state index in [1.165, 1.54) is 12.1 Å². The number of likely N-dealkylation sites (tertiary alicyclic amines) is 1. The lowest BCUT2D eigenvalue weighted by atomic mass is 9.83. The highest BCUT2D eigenvalue weighted by atomic mass is 19.2. The van der Waals surface area contributed by atoms with Gasteiger partial charge >= 0.3 is 0 Å². The molecule has 1 unspecified atom stereocenters. The third kappa shape index (κ3) is 4.33. The molecule has 1 aliphatic heterocycles. The van der Waals surface area contributed by atoms with E-state index in [-0.39, 0.29) is 18.9 Å². The predicted molar refractivity (Wildman–Crippen MR) is 123 cm³/mol. The van der Waals surface area contributed by atoms with Gasteiger partial charge in [0.15, 0.2) is 11.3 Å². The number of halogens is 6. The zero-order chi connectivity index (χ0) is 26.3. The molecule has 0 saturated carbocycles. The van der Waals surface area contributed by atoms with Gasteiger partial charge in [-0.3, -0.25) is 4.90 Å². The topological polar surface area (TPSA) is 38.5 Å². The van der Waals surface area contributed by atoms with Crippen LogP contribution in [-0.4, -0.2) is 23.1 Å². The summed E-state index contributed by atoms with van der Waals surface area (Å²) in [5.74, 6) is -12.1. The molecule has 1 aliphatic rings. The lowest BCUT2D eigenvalue weighted by molar-refractivity contribution is -0.0221. The van der Waals surface area contributed by atoms with Crippen LogP contribution in [0.4, 0.5) is 26.3 Å². The van der Waals surface area contributed by atoms with Crippen LogP contribution in [0.25, 0.3) is 11.0 Å². The highest BCUT2D eigenvalue weighted by molar-refractivity contribution is 5.79. The van der Waals surface area contributed by atoms with Gasteiger partial charge in [-0.1, -0.05) is 42.4 Å². The zero-order valence-electron chi connectivity index (χ0n) is 19.7. The van der Waals surface area contributed by atoms with Gasteiger partial charge < -0.3 is 9.26 Å². The molecule has 0 radical (unpaired) electrons. The van der Waals surface area contributed by atoms with Crippen molar-refractivity contribution in [3.8, 4) is 5.75 Å². The Kier molecular flexibility index (Phi) is 6.61. The third-order valence-electron chi connectivity index (χ3n) is 6.98. The van der Waals surface area contributed by atoms with Gasteiger partial charge in [0.25, 0.3) is 0 Å². The minimum atomic E-state index is -2.24. The molecule has 1 saturated heterocycles. The molecule has 0 N–H and O–H groups in total. The average molecular weight is 520 g/mol. The maximum atomic E-state index is 14.6. The normalized spacial score (nSPS) is 16.7. The number of fused-ring (bicyclic) bond motifs is 1. The van der Waals surface area contributed by atoms with E-state index in [4.69, 9.17) is 9.26 Å². The molecular weight excluding hydrogens is 498 g/mol. The Balaban J connectivity index is 1.48. The number of benzene rings is 3. The number of hydrogen-bond acceptors (Lipinski definition) is 4. The van der Waals surface area contributed by atoms with E-state index in [1.807, 2.05) is 6.92 Å². The summed E-state index contributed by atoms with van der Waals surface area (Å²) in [5, 5.41) is 4.84. The van der Waals surface area contributed by atoms with Crippen molar-refractivity contribution in [1.29, 1.82) is 0 Å². The van der Waals surface area contributed by atoms with Gasteiger partial charge in [-0.15, -0.1) is 0 Å². The summed E-state index contributed by atoms with van der Waals surface area (Å²) < 4.78 is 95.3. The van der Waals surface area contributed by atoms with E-state index >= 15 is 0 Å². The van der Waals surface area contributed by atoms with Gasteiger partial charge in [0.1, 0.15) is 17.1 Å². The molecule has 1 aromatic heterocycles. The van der Waals surface area contributed by atoms with E-state index in [2.05, 4.69) is 10.1 Å². The van der Waals surface area contributed by atoms with Crippen molar-refractivity contribution in [2.24, 2.45) is 0 Å². The maximum absolute atomic E-state index is 14.6. The first-order valence-corrected chi connectivity index (χ1v) is 11.8. The van der Waals surface area contributed by atoms with E-state index in [1.54, 1.807) is 36.4 Å². The first kappa shape index (κ1) is 25.1. The molecule has 4 nitrogen and oxygen atoms in total. The molecule has 0 spiro atoms. The third-order valence-corrected chi connectivity index (χ3v) is 6.98. The van der Waals surface area contributed by atoms with Crippen molar-refractivity contribution >= 4 is 11.0 Å². The average Bonchev–Trinajstić information content (AvgIpc) is 3.33. The quantitative estimate of drug-likeness (QED) is 0.153. The van der Waals surface area contributed by atoms with Crippen LogP contribution >= 0.6 is 0 Å². The zero-order valence-corrected chi connectivity index (χ0v) is 19.7. The number of rotatable bonds is 6. The minimum absolute atomic E-state index is 0.192. The summed E-state index contributed by atoms with van der Waals surface area (Å²) in [6.45, 7) is 2.68. The van der Waals surface area contributed by atoms with Crippen LogP contribution in [-0.2, 0) is 5.60 Å². The fourth-order valence-electron chi connectivity index (χ4n) is 5.05. The van der Waals surface area contributed by atoms with Gasteiger partial charge in [-0.2, -0.15) is 8.78 Å². The molecule has 5 rings (SSSR count). The highest BCUT2D eigenvalue weighted by Crippen LogP contribution is 2.43. The molecule has 2 heterocycles. The van der Waals surface area contributed by atoms with Gasteiger partial charge in [0.05, 0.1) is 6.04 Å². The van der Waals surface area contributed by atoms with Crippen LogP contribution in [0.1, 0.15) is 43.5 Å². The van der Waals surface area contributed by atoms with Crippen molar-refractivity contribution in [1.82, 2.24) is 10.1 Å². The predicted octanol–water partition coefficient (Wildman–Crippen LogP) is 7.18. The Bertz CT molecular complexity index is 1410. The lowest BCUT2D eigenvalue weighted by Crippen LogP contribution is -2.47. The Morgan fingerprint density at radius 2 is 1.51 bits per heavy atom. The number of piperidine rings is 1. The molecule has 1 fully saturated rings. The number of hydrogen-bond donors (Lipinski definition) is 0. The van der Waals surface area contributed by atoms with Gasteiger partial charge in [-0.25, -0.2) is 17.6 Å². The fraction of sp³-hybridized carbons (Fsp3) is 0.296. The van der Waals surface area contributed by atoms with Crippen molar-refractivity contribution in [2.45, 2.75) is 37.8 Å².